The van der Waals surface area contributed by atoms with Gasteiger partial charge in [-0.1, -0.05) is 17.7 Å². The van der Waals surface area contributed by atoms with E-state index in [0.717, 1.165) is 5.56 Å². The van der Waals surface area contributed by atoms with Crippen LogP contribution in [0, 0.1) is 6.92 Å². The molecule has 0 atom stereocenters. The Bertz CT molecular complexity index is 605. The van der Waals surface area contributed by atoms with Gasteiger partial charge < -0.3 is 10.3 Å². The summed E-state index contributed by atoms with van der Waals surface area (Å²) in [6, 6.07) is 8.91. The van der Waals surface area contributed by atoms with Crippen LogP contribution in [-0.4, -0.2) is 4.57 Å². The maximum atomic E-state index is 11.9. The van der Waals surface area contributed by atoms with Crippen LogP contribution < -0.4 is 11.3 Å². The normalized spacial score (nSPS) is 10.5. The van der Waals surface area contributed by atoms with Crippen molar-refractivity contribution in [3.05, 3.63) is 63.0 Å². The second kappa shape index (κ2) is 4.63. The minimum absolute atomic E-state index is 0.00834. The number of benzene rings is 1. The summed E-state index contributed by atoms with van der Waals surface area (Å²) in [7, 11) is 0. The molecule has 2 aromatic rings. The zero-order chi connectivity index (χ0) is 12.4. The van der Waals surface area contributed by atoms with Crippen LogP contribution in [0.2, 0.25) is 5.02 Å². The van der Waals surface area contributed by atoms with Gasteiger partial charge in [0.1, 0.15) is 0 Å². The largest absolute Gasteiger partial charge is 0.399 e. The molecule has 0 saturated heterocycles. The van der Waals surface area contributed by atoms with E-state index >= 15 is 0 Å². The number of halogens is 1. The Morgan fingerprint density at radius 2 is 2.12 bits per heavy atom. The third kappa shape index (κ3) is 2.50. The molecular formula is C13H13ClN2O. The van der Waals surface area contributed by atoms with Crippen LogP contribution in [0.25, 0.3) is 0 Å². The Balaban J connectivity index is 2.41. The fourth-order valence-electron chi connectivity index (χ4n) is 1.68. The molecule has 3 nitrogen and oxygen atoms in total. The zero-order valence-electron chi connectivity index (χ0n) is 9.48. The molecule has 4 heteroatoms. The fourth-order valence-corrected chi connectivity index (χ4v) is 1.86. The van der Waals surface area contributed by atoms with Crippen LogP contribution >= 0.6 is 11.6 Å². The molecular weight excluding hydrogens is 236 g/mol. The molecule has 0 aliphatic heterocycles. The van der Waals surface area contributed by atoms with Crippen molar-refractivity contribution in [2.75, 3.05) is 5.73 Å². The third-order valence-electron chi connectivity index (χ3n) is 2.62. The highest BCUT2D eigenvalue weighted by Gasteiger charge is 2.04. The average Bonchev–Trinajstić information content (AvgIpc) is 2.30. The summed E-state index contributed by atoms with van der Waals surface area (Å²) in [5, 5.41) is 0.618. The number of nitrogens with two attached hydrogens (primary N) is 1. The average molecular weight is 249 g/mol. The van der Waals surface area contributed by atoms with Gasteiger partial charge in [-0.3, -0.25) is 4.79 Å². The predicted octanol–water partition coefficient (Wildman–Crippen LogP) is 2.44. The Kier molecular flexibility index (Phi) is 3.20. The lowest BCUT2D eigenvalue weighted by molar-refractivity contribution is 0.753. The minimum Gasteiger partial charge on any atom is -0.399 e. The molecule has 0 unspecified atom stereocenters. The van der Waals surface area contributed by atoms with E-state index in [-0.39, 0.29) is 5.56 Å². The van der Waals surface area contributed by atoms with Crippen molar-refractivity contribution in [3.8, 4) is 0 Å². The van der Waals surface area contributed by atoms with Crippen molar-refractivity contribution >= 4 is 17.3 Å². The van der Waals surface area contributed by atoms with Gasteiger partial charge in [-0.25, -0.2) is 0 Å². The van der Waals surface area contributed by atoms with Gasteiger partial charge in [0, 0.05) is 22.5 Å². The number of nitrogens with zero attached hydrogens (tertiary/aromatic N) is 1. The fraction of sp³-hybridized carbons (Fsp3) is 0.154. The summed E-state index contributed by atoms with van der Waals surface area (Å²) in [4.78, 5) is 11.9. The van der Waals surface area contributed by atoms with Gasteiger partial charge >= 0.3 is 0 Å². The van der Waals surface area contributed by atoms with E-state index in [1.54, 1.807) is 42.0 Å². The Hall–Kier alpha value is -1.74. The number of hydrogen-bond acceptors (Lipinski definition) is 2. The van der Waals surface area contributed by atoms with Gasteiger partial charge in [0.25, 0.3) is 5.56 Å². The van der Waals surface area contributed by atoms with Crippen molar-refractivity contribution in [2.45, 2.75) is 13.5 Å². The molecule has 0 saturated carbocycles. The van der Waals surface area contributed by atoms with E-state index in [0.29, 0.717) is 22.8 Å². The van der Waals surface area contributed by atoms with Crippen LogP contribution in [0.5, 0.6) is 0 Å². The van der Waals surface area contributed by atoms with Gasteiger partial charge in [0.05, 0.1) is 6.54 Å². The molecule has 1 heterocycles. The quantitative estimate of drug-likeness (QED) is 0.830. The topological polar surface area (TPSA) is 48.0 Å². The van der Waals surface area contributed by atoms with E-state index in [4.69, 9.17) is 17.3 Å². The maximum Gasteiger partial charge on any atom is 0.253 e. The third-order valence-corrected chi connectivity index (χ3v) is 2.99. The highest BCUT2D eigenvalue weighted by atomic mass is 35.5. The zero-order valence-corrected chi connectivity index (χ0v) is 10.2. The number of pyridine rings is 1. The van der Waals surface area contributed by atoms with E-state index in [9.17, 15) is 4.79 Å². The molecule has 1 aromatic heterocycles. The van der Waals surface area contributed by atoms with Crippen molar-refractivity contribution in [1.29, 1.82) is 0 Å². The molecule has 0 aliphatic rings. The highest BCUT2D eigenvalue weighted by Crippen LogP contribution is 2.19. The summed E-state index contributed by atoms with van der Waals surface area (Å²) in [5.74, 6) is 0. The standard InChI is InChI=1S/C13H13ClN2O/c1-9-3-2-6-16(13(9)17)8-10-7-11(15)4-5-12(10)14/h2-7H,8,15H2,1H3. The molecule has 2 rings (SSSR count). The number of aryl methyl sites for hydroxylation is 1. The molecule has 0 aliphatic carbocycles. The smallest absolute Gasteiger partial charge is 0.253 e. The minimum atomic E-state index is -0.00834. The molecule has 0 fully saturated rings. The highest BCUT2D eigenvalue weighted by molar-refractivity contribution is 6.31. The second-order valence-corrected chi connectivity index (χ2v) is 4.38. The lowest BCUT2D eigenvalue weighted by atomic mass is 10.2. The van der Waals surface area contributed by atoms with Crippen molar-refractivity contribution in [3.63, 3.8) is 0 Å². The van der Waals surface area contributed by atoms with E-state index in [1.165, 1.54) is 0 Å². The summed E-state index contributed by atoms with van der Waals surface area (Å²) in [6.07, 6.45) is 1.74. The van der Waals surface area contributed by atoms with E-state index < -0.39 is 0 Å². The summed E-state index contributed by atoms with van der Waals surface area (Å²) in [5.41, 5.74) is 7.90. The Labute approximate surface area is 104 Å². The number of nitrogen functional groups attached to an aromatic ring is 1. The van der Waals surface area contributed by atoms with Gasteiger partial charge in [0.2, 0.25) is 0 Å². The van der Waals surface area contributed by atoms with Gasteiger partial charge in [0.15, 0.2) is 0 Å². The molecule has 0 amide bonds. The maximum absolute atomic E-state index is 11.9. The molecule has 1 aromatic carbocycles. The lowest BCUT2D eigenvalue weighted by Gasteiger charge is -2.09. The Morgan fingerprint density at radius 3 is 2.88 bits per heavy atom. The molecule has 17 heavy (non-hydrogen) atoms. The van der Waals surface area contributed by atoms with Crippen LogP contribution in [0.3, 0.4) is 0 Å². The van der Waals surface area contributed by atoms with Crippen LogP contribution in [0.1, 0.15) is 11.1 Å². The van der Waals surface area contributed by atoms with Gasteiger partial charge in [-0.05, 0) is 36.8 Å². The molecule has 2 N–H and O–H groups in total. The first-order valence-electron chi connectivity index (χ1n) is 5.28. The van der Waals surface area contributed by atoms with Crippen LogP contribution in [0.4, 0.5) is 5.69 Å². The Morgan fingerprint density at radius 1 is 1.35 bits per heavy atom. The number of aromatic nitrogens is 1. The van der Waals surface area contributed by atoms with Crippen molar-refractivity contribution in [2.24, 2.45) is 0 Å². The summed E-state index contributed by atoms with van der Waals surface area (Å²) >= 11 is 6.07. The monoisotopic (exact) mass is 248 g/mol. The van der Waals surface area contributed by atoms with Crippen LogP contribution in [-0.2, 0) is 6.54 Å². The first-order chi connectivity index (χ1) is 8.08. The van der Waals surface area contributed by atoms with Crippen LogP contribution in [0.15, 0.2) is 41.3 Å². The number of hydrogen-bond donors (Lipinski definition) is 1. The van der Waals surface area contributed by atoms with Crippen molar-refractivity contribution in [1.82, 2.24) is 4.57 Å². The van der Waals surface area contributed by atoms with E-state index in [1.807, 2.05) is 6.07 Å². The van der Waals surface area contributed by atoms with Gasteiger partial charge in [-0.2, -0.15) is 0 Å². The van der Waals surface area contributed by atoms with E-state index in [2.05, 4.69) is 0 Å². The summed E-state index contributed by atoms with van der Waals surface area (Å²) in [6.45, 7) is 2.23. The number of rotatable bonds is 2. The van der Waals surface area contributed by atoms with Crippen molar-refractivity contribution < 1.29 is 0 Å². The molecule has 0 bridgehead atoms. The first kappa shape index (κ1) is 11.7. The molecule has 0 spiro atoms. The second-order valence-electron chi connectivity index (χ2n) is 3.98. The van der Waals surface area contributed by atoms with Gasteiger partial charge in [-0.15, -0.1) is 0 Å². The lowest BCUT2D eigenvalue weighted by Crippen LogP contribution is -2.21. The number of anilines is 1. The predicted molar refractivity (Wildman–Crippen MR) is 70.4 cm³/mol. The molecule has 88 valence electrons. The SMILES string of the molecule is Cc1cccn(Cc2cc(N)ccc2Cl)c1=O. The first-order valence-corrected chi connectivity index (χ1v) is 5.65. The summed E-state index contributed by atoms with van der Waals surface area (Å²) < 4.78 is 1.62. The molecule has 0 radical (unpaired) electrons.